The van der Waals surface area contributed by atoms with Gasteiger partial charge in [-0.25, -0.2) is 4.39 Å². The molecular formula is C22H29FN2O2. The van der Waals surface area contributed by atoms with E-state index in [-0.39, 0.29) is 29.5 Å². The number of hydrogen-bond donors (Lipinski definition) is 2. The fraction of sp³-hybridized carbons (Fsp3) is 0.636. The van der Waals surface area contributed by atoms with Gasteiger partial charge < -0.3 is 10.6 Å². The minimum Gasteiger partial charge on any atom is -0.355 e. The van der Waals surface area contributed by atoms with E-state index >= 15 is 0 Å². The summed E-state index contributed by atoms with van der Waals surface area (Å²) < 4.78 is 13.8. The largest absolute Gasteiger partial charge is 0.355 e. The number of nitrogens with one attached hydrogen (secondary N) is 2. The van der Waals surface area contributed by atoms with Gasteiger partial charge in [0, 0.05) is 23.9 Å². The predicted molar refractivity (Wildman–Crippen MR) is 101 cm³/mol. The van der Waals surface area contributed by atoms with Crippen molar-refractivity contribution in [3.8, 4) is 0 Å². The zero-order valence-corrected chi connectivity index (χ0v) is 16.0. The second-order valence-electron chi connectivity index (χ2n) is 9.01. The third-order valence-electron chi connectivity index (χ3n) is 6.91. The van der Waals surface area contributed by atoms with Crippen molar-refractivity contribution < 1.29 is 14.0 Å². The van der Waals surface area contributed by atoms with E-state index in [2.05, 4.69) is 10.6 Å². The number of hydrogen-bond acceptors (Lipinski definition) is 2. The molecule has 0 heterocycles. The van der Waals surface area contributed by atoms with E-state index in [1.807, 2.05) is 0 Å². The van der Waals surface area contributed by atoms with Crippen LogP contribution in [0.2, 0.25) is 0 Å². The fourth-order valence-corrected chi connectivity index (χ4v) is 6.08. The summed E-state index contributed by atoms with van der Waals surface area (Å²) in [6.45, 7) is 2.11. The molecule has 0 radical (unpaired) electrons. The highest BCUT2D eigenvalue weighted by atomic mass is 19.1. The Balaban J connectivity index is 1.25. The van der Waals surface area contributed by atoms with Crippen molar-refractivity contribution in [1.29, 1.82) is 0 Å². The van der Waals surface area contributed by atoms with Gasteiger partial charge in [0.15, 0.2) is 0 Å². The van der Waals surface area contributed by atoms with Gasteiger partial charge >= 0.3 is 0 Å². The van der Waals surface area contributed by atoms with E-state index in [4.69, 9.17) is 0 Å². The normalized spacial score (nSPS) is 32.1. The molecular weight excluding hydrogens is 343 g/mol. The van der Waals surface area contributed by atoms with E-state index in [9.17, 15) is 14.0 Å². The molecule has 0 aliphatic heterocycles. The van der Waals surface area contributed by atoms with E-state index in [1.54, 1.807) is 25.1 Å². The van der Waals surface area contributed by atoms with Crippen molar-refractivity contribution >= 4 is 11.8 Å². The molecule has 4 aliphatic carbocycles. The van der Waals surface area contributed by atoms with E-state index < -0.39 is 6.04 Å². The molecule has 2 amide bonds. The van der Waals surface area contributed by atoms with Crippen molar-refractivity contribution in [3.05, 3.63) is 35.6 Å². The highest BCUT2D eigenvalue weighted by molar-refractivity contribution is 5.84. The van der Waals surface area contributed by atoms with E-state index in [0.29, 0.717) is 12.1 Å². The Morgan fingerprint density at radius 2 is 1.70 bits per heavy atom. The van der Waals surface area contributed by atoms with Gasteiger partial charge in [0.1, 0.15) is 5.82 Å². The lowest BCUT2D eigenvalue weighted by Crippen LogP contribution is -2.53. The average Bonchev–Trinajstić information content (AvgIpc) is 2.60. The quantitative estimate of drug-likeness (QED) is 0.799. The minimum atomic E-state index is -0.391. The second-order valence-corrected chi connectivity index (χ2v) is 9.01. The summed E-state index contributed by atoms with van der Waals surface area (Å²) in [5, 5.41) is 5.84. The first-order valence-corrected chi connectivity index (χ1v) is 10.3. The van der Waals surface area contributed by atoms with Crippen LogP contribution in [0, 0.1) is 29.0 Å². The molecule has 0 spiro atoms. The molecule has 4 nitrogen and oxygen atoms in total. The Hall–Kier alpha value is -1.91. The first-order chi connectivity index (χ1) is 12.9. The molecule has 0 aromatic heterocycles. The Morgan fingerprint density at radius 1 is 1.11 bits per heavy atom. The van der Waals surface area contributed by atoms with Gasteiger partial charge in [-0.3, -0.25) is 9.59 Å². The number of carbonyl (C=O) groups excluding carboxylic acids is 2. The maximum Gasteiger partial charge on any atom is 0.226 e. The van der Waals surface area contributed by atoms with Gasteiger partial charge in [0.2, 0.25) is 11.8 Å². The molecule has 146 valence electrons. The van der Waals surface area contributed by atoms with Crippen LogP contribution in [-0.4, -0.2) is 18.4 Å². The third-order valence-corrected chi connectivity index (χ3v) is 6.91. The van der Waals surface area contributed by atoms with Crippen LogP contribution < -0.4 is 10.6 Å². The Kier molecular flexibility index (Phi) is 4.95. The van der Waals surface area contributed by atoms with Gasteiger partial charge in [-0.2, -0.15) is 0 Å². The molecule has 0 unspecified atom stereocenters. The van der Waals surface area contributed by atoms with Crippen LogP contribution in [0.15, 0.2) is 24.3 Å². The monoisotopic (exact) mass is 372 g/mol. The van der Waals surface area contributed by atoms with E-state index in [1.165, 1.54) is 25.3 Å². The SMILES string of the molecule is C[C@@H](NC(=O)CCNC(=O)C12CC3CC(CC(C3)C1)C2)c1ccccc1F. The van der Waals surface area contributed by atoms with E-state index in [0.717, 1.165) is 37.0 Å². The second kappa shape index (κ2) is 7.25. The molecule has 4 fully saturated rings. The maximum atomic E-state index is 13.8. The molecule has 5 heteroatoms. The van der Waals surface area contributed by atoms with Gasteiger partial charge in [-0.1, -0.05) is 18.2 Å². The van der Waals surface area contributed by atoms with Crippen molar-refractivity contribution in [3.63, 3.8) is 0 Å². The highest BCUT2D eigenvalue weighted by Crippen LogP contribution is 2.60. The summed E-state index contributed by atoms with van der Waals surface area (Å²) in [5.74, 6) is 1.85. The van der Waals surface area contributed by atoms with Crippen molar-refractivity contribution in [1.82, 2.24) is 10.6 Å². The summed E-state index contributed by atoms with van der Waals surface area (Å²) in [6.07, 6.45) is 7.23. The van der Waals surface area contributed by atoms with Gasteiger partial charge in [0.05, 0.1) is 6.04 Å². The number of rotatable bonds is 6. The molecule has 27 heavy (non-hydrogen) atoms. The zero-order chi connectivity index (χ0) is 19.0. The number of carbonyl (C=O) groups is 2. The third kappa shape index (κ3) is 3.74. The lowest BCUT2D eigenvalue weighted by molar-refractivity contribution is -0.146. The van der Waals surface area contributed by atoms with Crippen LogP contribution in [0.3, 0.4) is 0 Å². The molecule has 1 atom stereocenters. The van der Waals surface area contributed by atoms with Gasteiger partial charge in [0.25, 0.3) is 0 Å². The predicted octanol–water partition coefficient (Wildman–Crippen LogP) is 3.73. The first kappa shape index (κ1) is 18.5. The van der Waals surface area contributed by atoms with Crippen molar-refractivity contribution in [2.75, 3.05) is 6.54 Å². The summed E-state index contributed by atoms with van der Waals surface area (Å²) in [6, 6.07) is 6.07. The smallest absolute Gasteiger partial charge is 0.226 e. The summed E-state index contributed by atoms with van der Waals surface area (Å²) >= 11 is 0. The summed E-state index contributed by atoms with van der Waals surface area (Å²) in [5.41, 5.74) is 0.301. The first-order valence-electron chi connectivity index (χ1n) is 10.3. The Bertz CT molecular complexity index is 697. The molecule has 1 aromatic rings. The minimum absolute atomic E-state index is 0.150. The Morgan fingerprint density at radius 3 is 2.30 bits per heavy atom. The van der Waals surface area contributed by atoms with Crippen LogP contribution in [0.1, 0.15) is 63.5 Å². The molecule has 4 bridgehead atoms. The van der Waals surface area contributed by atoms with Crippen LogP contribution in [0.4, 0.5) is 4.39 Å². The van der Waals surface area contributed by atoms with Crippen LogP contribution >= 0.6 is 0 Å². The summed E-state index contributed by atoms with van der Waals surface area (Å²) in [7, 11) is 0. The van der Waals surface area contributed by atoms with Gasteiger partial charge in [-0.15, -0.1) is 0 Å². The standard InChI is InChI=1S/C22H29FN2O2/c1-14(18-4-2-3-5-19(18)23)25-20(26)6-7-24-21(27)22-11-15-8-16(12-22)10-17(9-15)13-22/h2-5,14-17H,6-13H2,1H3,(H,24,27)(H,25,26)/t14-,15?,16?,17?,22?/m1/s1. The number of amides is 2. The van der Waals surface area contributed by atoms with Crippen LogP contribution in [0.5, 0.6) is 0 Å². The highest BCUT2D eigenvalue weighted by Gasteiger charge is 2.54. The number of halogens is 1. The lowest BCUT2D eigenvalue weighted by atomic mass is 9.49. The zero-order valence-electron chi connectivity index (χ0n) is 16.0. The van der Waals surface area contributed by atoms with Crippen molar-refractivity contribution in [2.24, 2.45) is 23.2 Å². The Labute approximate surface area is 160 Å². The van der Waals surface area contributed by atoms with Crippen LogP contribution in [0.25, 0.3) is 0 Å². The maximum absolute atomic E-state index is 13.8. The molecule has 4 saturated carbocycles. The summed E-state index contributed by atoms with van der Waals surface area (Å²) in [4.78, 5) is 25.1. The lowest BCUT2D eigenvalue weighted by Gasteiger charge is -2.55. The molecule has 4 aliphatic rings. The topological polar surface area (TPSA) is 58.2 Å². The molecule has 2 N–H and O–H groups in total. The van der Waals surface area contributed by atoms with Crippen molar-refractivity contribution in [2.45, 2.75) is 57.9 Å². The molecule has 0 saturated heterocycles. The average molecular weight is 372 g/mol. The fourth-order valence-electron chi connectivity index (χ4n) is 6.08. The number of benzene rings is 1. The molecule has 1 aromatic carbocycles. The van der Waals surface area contributed by atoms with Gasteiger partial charge in [-0.05, 0) is 69.3 Å². The van der Waals surface area contributed by atoms with Crippen LogP contribution in [-0.2, 0) is 9.59 Å². The molecule has 5 rings (SSSR count).